The topological polar surface area (TPSA) is 32.9 Å². The fourth-order valence-electron chi connectivity index (χ4n) is 1.82. The van der Waals surface area contributed by atoms with Crippen LogP contribution < -0.4 is 5.56 Å². The molecule has 2 rings (SSSR count). The molecule has 14 heavy (non-hydrogen) atoms. The van der Waals surface area contributed by atoms with Gasteiger partial charge in [-0.05, 0) is 43.5 Å². The highest BCUT2D eigenvalue weighted by Gasteiger charge is 2.03. The molecule has 0 spiro atoms. The number of aromatic amines is 1. The van der Waals surface area contributed by atoms with Crippen molar-refractivity contribution in [1.82, 2.24) is 4.98 Å². The summed E-state index contributed by atoms with van der Waals surface area (Å²) >= 11 is 0. The SMILES string of the molecule is Cc1cc(C)c2[nH]c(=O)ccc2c1C. The second-order valence-corrected chi connectivity index (χ2v) is 3.75. The molecule has 0 atom stereocenters. The van der Waals surface area contributed by atoms with Crippen molar-refractivity contribution >= 4 is 10.9 Å². The quantitative estimate of drug-likeness (QED) is 0.675. The second-order valence-electron chi connectivity index (χ2n) is 3.75. The number of aromatic nitrogens is 1. The summed E-state index contributed by atoms with van der Waals surface area (Å²) in [4.78, 5) is 14.0. The number of H-pyrrole nitrogens is 1. The molecule has 0 aliphatic carbocycles. The van der Waals surface area contributed by atoms with E-state index >= 15 is 0 Å². The third-order valence-electron chi connectivity index (χ3n) is 2.74. The number of benzene rings is 1. The van der Waals surface area contributed by atoms with Gasteiger partial charge in [-0.1, -0.05) is 6.07 Å². The fraction of sp³-hybridized carbons (Fsp3) is 0.250. The van der Waals surface area contributed by atoms with Gasteiger partial charge in [-0.15, -0.1) is 0 Å². The maximum atomic E-state index is 11.2. The molecule has 0 aliphatic rings. The van der Waals surface area contributed by atoms with Crippen LogP contribution in [-0.2, 0) is 0 Å². The van der Waals surface area contributed by atoms with Gasteiger partial charge >= 0.3 is 0 Å². The Morgan fingerprint density at radius 1 is 1.07 bits per heavy atom. The zero-order valence-electron chi connectivity index (χ0n) is 8.64. The van der Waals surface area contributed by atoms with Gasteiger partial charge in [-0.3, -0.25) is 4.79 Å². The highest BCUT2D eigenvalue weighted by atomic mass is 16.1. The third-order valence-corrected chi connectivity index (χ3v) is 2.74. The van der Waals surface area contributed by atoms with Gasteiger partial charge < -0.3 is 4.98 Å². The van der Waals surface area contributed by atoms with Gasteiger partial charge in [-0.2, -0.15) is 0 Å². The Labute approximate surface area is 82.6 Å². The molecule has 2 heteroatoms. The Bertz CT molecular complexity index is 552. The van der Waals surface area contributed by atoms with Crippen LogP contribution >= 0.6 is 0 Å². The van der Waals surface area contributed by atoms with Crippen LogP contribution in [0.2, 0.25) is 0 Å². The fourth-order valence-corrected chi connectivity index (χ4v) is 1.82. The molecule has 1 aromatic heterocycles. The predicted octanol–water partition coefficient (Wildman–Crippen LogP) is 2.45. The highest BCUT2D eigenvalue weighted by Crippen LogP contribution is 2.21. The van der Waals surface area contributed by atoms with E-state index in [0.29, 0.717) is 0 Å². The summed E-state index contributed by atoms with van der Waals surface area (Å²) < 4.78 is 0. The molecule has 2 aromatic rings. The molecule has 0 unspecified atom stereocenters. The van der Waals surface area contributed by atoms with Crippen LogP contribution in [0.1, 0.15) is 16.7 Å². The predicted molar refractivity (Wildman–Crippen MR) is 58.8 cm³/mol. The van der Waals surface area contributed by atoms with Crippen molar-refractivity contribution in [2.45, 2.75) is 20.8 Å². The summed E-state index contributed by atoms with van der Waals surface area (Å²) in [7, 11) is 0. The van der Waals surface area contributed by atoms with Gasteiger partial charge in [0.25, 0.3) is 0 Å². The van der Waals surface area contributed by atoms with Crippen molar-refractivity contribution in [1.29, 1.82) is 0 Å². The summed E-state index contributed by atoms with van der Waals surface area (Å²) in [5.41, 5.74) is 4.55. The molecule has 0 aliphatic heterocycles. The number of hydrogen-bond donors (Lipinski definition) is 1. The first-order valence-electron chi connectivity index (χ1n) is 4.69. The van der Waals surface area contributed by atoms with E-state index in [9.17, 15) is 4.79 Å². The molecule has 0 saturated carbocycles. The van der Waals surface area contributed by atoms with E-state index in [0.717, 1.165) is 16.5 Å². The van der Waals surface area contributed by atoms with Gasteiger partial charge in [0, 0.05) is 11.5 Å². The standard InChI is InChI=1S/C12H13NO/c1-7-6-8(2)12-10(9(7)3)4-5-11(14)13-12/h4-6H,1-3H3,(H,13,14). The highest BCUT2D eigenvalue weighted by molar-refractivity contribution is 5.85. The maximum absolute atomic E-state index is 11.2. The first-order valence-corrected chi connectivity index (χ1v) is 4.69. The zero-order chi connectivity index (χ0) is 10.3. The first-order chi connectivity index (χ1) is 6.59. The Morgan fingerprint density at radius 3 is 2.50 bits per heavy atom. The first kappa shape index (κ1) is 9.00. The number of hydrogen-bond acceptors (Lipinski definition) is 1. The van der Waals surface area contributed by atoms with Crippen molar-refractivity contribution in [3.63, 3.8) is 0 Å². The molecule has 0 amide bonds. The molecule has 0 saturated heterocycles. The largest absolute Gasteiger partial charge is 0.322 e. The average molecular weight is 187 g/mol. The Kier molecular flexibility index (Phi) is 1.92. The lowest BCUT2D eigenvalue weighted by atomic mass is 10.0. The zero-order valence-corrected chi connectivity index (χ0v) is 8.64. The van der Waals surface area contributed by atoms with Crippen molar-refractivity contribution in [3.05, 3.63) is 45.2 Å². The summed E-state index contributed by atoms with van der Waals surface area (Å²) in [6, 6.07) is 5.57. The Balaban J connectivity index is 3.02. The van der Waals surface area contributed by atoms with E-state index in [1.165, 1.54) is 11.1 Å². The van der Waals surface area contributed by atoms with Crippen molar-refractivity contribution in [2.75, 3.05) is 0 Å². The summed E-state index contributed by atoms with van der Waals surface area (Å²) in [5.74, 6) is 0. The lowest BCUT2D eigenvalue weighted by molar-refractivity contribution is 1.25. The minimum absolute atomic E-state index is 0.0381. The average Bonchev–Trinajstić information content (AvgIpc) is 2.14. The van der Waals surface area contributed by atoms with E-state index in [1.54, 1.807) is 6.07 Å². The van der Waals surface area contributed by atoms with Crippen molar-refractivity contribution in [3.8, 4) is 0 Å². The lowest BCUT2D eigenvalue weighted by Crippen LogP contribution is -2.04. The number of fused-ring (bicyclic) bond motifs is 1. The van der Waals surface area contributed by atoms with Gasteiger partial charge in [0.1, 0.15) is 0 Å². The normalized spacial score (nSPS) is 10.8. The van der Waals surface area contributed by atoms with E-state index in [-0.39, 0.29) is 5.56 Å². The van der Waals surface area contributed by atoms with Gasteiger partial charge in [-0.25, -0.2) is 0 Å². The van der Waals surface area contributed by atoms with Crippen molar-refractivity contribution < 1.29 is 0 Å². The van der Waals surface area contributed by atoms with E-state index in [4.69, 9.17) is 0 Å². The van der Waals surface area contributed by atoms with E-state index in [1.807, 2.05) is 13.0 Å². The summed E-state index contributed by atoms with van der Waals surface area (Å²) in [6.07, 6.45) is 0. The summed E-state index contributed by atoms with van der Waals surface area (Å²) in [5, 5.41) is 1.14. The minimum atomic E-state index is -0.0381. The van der Waals surface area contributed by atoms with Gasteiger partial charge in [0.2, 0.25) is 5.56 Å². The second kappa shape index (κ2) is 2.98. The lowest BCUT2D eigenvalue weighted by Gasteiger charge is -2.08. The molecule has 1 heterocycles. The van der Waals surface area contributed by atoms with Crippen LogP contribution in [0.15, 0.2) is 23.0 Å². The van der Waals surface area contributed by atoms with Crippen LogP contribution in [0.3, 0.4) is 0 Å². The molecule has 0 bridgehead atoms. The van der Waals surface area contributed by atoms with Crippen LogP contribution in [0.4, 0.5) is 0 Å². The summed E-state index contributed by atoms with van der Waals surface area (Å²) in [6.45, 7) is 6.19. The molecular weight excluding hydrogens is 174 g/mol. The van der Waals surface area contributed by atoms with Crippen molar-refractivity contribution in [2.24, 2.45) is 0 Å². The maximum Gasteiger partial charge on any atom is 0.248 e. The monoisotopic (exact) mass is 187 g/mol. The smallest absolute Gasteiger partial charge is 0.248 e. The van der Waals surface area contributed by atoms with Crippen LogP contribution in [0, 0.1) is 20.8 Å². The van der Waals surface area contributed by atoms with E-state index < -0.39 is 0 Å². The van der Waals surface area contributed by atoms with Crippen LogP contribution in [-0.4, -0.2) is 4.98 Å². The van der Waals surface area contributed by atoms with E-state index in [2.05, 4.69) is 24.9 Å². The van der Waals surface area contributed by atoms with Gasteiger partial charge in [0.15, 0.2) is 0 Å². The number of nitrogens with one attached hydrogen (secondary N) is 1. The third kappa shape index (κ3) is 1.23. The Morgan fingerprint density at radius 2 is 1.79 bits per heavy atom. The van der Waals surface area contributed by atoms with Gasteiger partial charge in [0.05, 0.1) is 5.52 Å². The molecule has 72 valence electrons. The Hall–Kier alpha value is -1.57. The van der Waals surface area contributed by atoms with Crippen LogP contribution in [0.5, 0.6) is 0 Å². The molecule has 2 nitrogen and oxygen atoms in total. The van der Waals surface area contributed by atoms with Crippen LogP contribution in [0.25, 0.3) is 10.9 Å². The molecule has 0 radical (unpaired) electrons. The molecule has 0 fully saturated rings. The minimum Gasteiger partial charge on any atom is -0.322 e. The number of aryl methyl sites for hydroxylation is 3. The number of rotatable bonds is 0. The number of pyridine rings is 1. The molecular formula is C12H13NO. The molecule has 1 N–H and O–H groups in total. The molecule has 1 aromatic carbocycles.